The van der Waals surface area contributed by atoms with E-state index in [9.17, 15) is 4.79 Å². The van der Waals surface area contributed by atoms with Crippen LogP contribution in [0.4, 0.5) is 0 Å². The first kappa shape index (κ1) is 16.8. The number of aryl methyl sites for hydroxylation is 1. The van der Waals surface area contributed by atoms with Crippen LogP contribution in [-0.2, 0) is 13.1 Å². The first-order valence-corrected chi connectivity index (χ1v) is 10.3. The molecule has 1 saturated heterocycles. The number of carbonyl (C=O) groups excluding carboxylic acids is 1. The maximum absolute atomic E-state index is 13.1. The lowest BCUT2D eigenvalue weighted by Crippen LogP contribution is -2.49. The Labute approximate surface area is 163 Å². The fraction of sp³-hybridized carbons (Fsp3) is 0.318. The monoisotopic (exact) mass is 377 g/mol. The van der Waals surface area contributed by atoms with Gasteiger partial charge in [0.25, 0.3) is 5.91 Å². The molecule has 2 aliphatic rings. The summed E-state index contributed by atoms with van der Waals surface area (Å²) in [4.78, 5) is 19.0. The normalized spacial score (nSPS) is 22.1. The summed E-state index contributed by atoms with van der Waals surface area (Å²) in [6.45, 7) is 5.69. The lowest BCUT2D eigenvalue weighted by molar-refractivity contribution is 0.0559. The number of aromatic nitrogens is 1. The van der Waals surface area contributed by atoms with E-state index < -0.39 is 0 Å². The second kappa shape index (κ2) is 6.66. The van der Waals surface area contributed by atoms with Gasteiger partial charge in [-0.25, -0.2) is 0 Å². The van der Waals surface area contributed by atoms with Gasteiger partial charge in [-0.15, -0.1) is 11.3 Å². The Balaban J connectivity index is 1.43. The summed E-state index contributed by atoms with van der Waals surface area (Å²) in [5.74, 6) is 0.159. The summed E-state index contributed by atoms with van der Waals surface area (Å²) in [7, 11) is 0. The topological polar surface area (TPSA) is 28.5 Å². The molecule has 1 aromatic carbocycles. The van der Waals surface area contributed by atoms with Gasteiger partial charge in [0, 0.05) is 30.7 Å². The van der Waals surface area contributed by atoms with E-state index in [1.165, 1.54) is 16.0 Å². The van der Waals surface area contributed by atoms with Crippen molar-refractivity contribution in [1.82, 2.24) is 14.4 Å². The minimum atomic E-state index is 0.159. The lowest BCUT2D eigenvalue weighted by atomic mass is 10.1. The zero-order valence-electron chi connectivity index (χ0n) is 15.4. The SMILES string of the molecule is Cc1cccc(CN2C[C@@H]3[C@H](C2)N(Cc2cccs2)C(=O)c2cccn23)c1. The molecule has 5 rings (SSSR count). The third kappa shape index (κ3) is 3.01. The summed E-state index contributed by atoms with van der Waals surface area (Å²) in [5.41, 5.74) is 3.47. The quantitative estimate of drug-likeness (QED) is 0.689. The Morgan fingerprint density at radius 2 is 1.93 bits per heavy atom. The Kier molecular flexibility index (Phi) is 4.14. The minimum Gasteiger partial charge on any atom is -0.337 e. The molecule has 3 aromatic rings. The van der Waals surface area contributed by atoms with E-state index in [0.717, 1.165) is 25.3 Å². The van der Waals surface area contributed by atoms with Crippen LogP contribution in [0.25, 0.3) is 0 Å². The van der Waals surface area contributed by atoms with Gasteiger partial charge in [0.1, 0.15) is 5.69 Å². The van der Waals surface area contributed by atoms with Crippen molar-refractivity contribution < 1.29 is 4.79 Å². The van der Waals surface area contributed by atoms with Crippen LogP contribution in [0, 0.1) is 6.92 Å². The van der Waals surface area contributed by atoms with Crippen molar-refractivity contribution in [2.75, 3.05) is 13.1 Å². The van der Waals surface area contributed by atoms with E-state index in [0.29, 0.717) is 12.6 Å². The Hall–Kier alpha value is -2.37. The van der Waals surface area contributed by atoms with Crippen LogP contribution in [0.1, 0.15) is 32.5 Å². The van der Waals surface area contributed by atoms with Gasteiger partial charge in [0.05, 0.1) is 18.6 Å². The molecule has 1 amide bonds. The number of hydrogen-bond acceptors (Lipinski definition) is 3. The average Bonchev–Trinajstić information content (AvgIpc) is 3.38. The Morgan fingerprint density at radius 3 is 2.74 bits per heavy atom. The third-order valence-electron chi connectivity index (χ3n) is 5.75. The molecule has 0 unspecified atom stereocenters. The summed E-state index contributed by atoms with van der Waals surface area (Å²) in [6, 6.07) is 17.4. The molecule has 0 bridgehead atoms. The van der Waals surface area contributed by atoms with Gasteiger partial charge in [0.2, 0.25) is 0 Å². The fourth-order valence-electron chi connectivity index (χ4n) is 4.55. The highest BCUT2D eigenvalue weighted by Gasteiger charge is 2.44. The highest BCUT2D eigenvalue weighted by Crippen LogP contribution is 2.35. The van der Waals surface area contributed by atoms with Crippen molar-refractivity contribution in [1.29, 1.82) is 0 Å². The number of likely N-dealkylation sites (tertiary alicyclic amines) is 1. The molecule has 0 saturated carbocycles. The predicted octanol–water partition coefficient (Wildman–Crippen LogP) is 3.94. The number of amides is 1. The number of hydrogen-bond donors (Lipinski definition) is 0. The second-order valence-corrected chi connectivity index (χ2v) is 8.66. The van der Waals surface area contributed by atoms with Gasteiger partial charge in [-0.05, 0) is 36.1 Å². The number of carbonyl (C=O) groups is 1. The summed E-state index contributed by atoms with van der Waals surface area (Å²) in [6.07, 6.45) is 2.07. The van der Waals surface area contributed by atoms with Gasteiger partial charge < -0.3 is 9.47 Å². The molecule has 0 radical (unpaired) electrons. The van der Waals surface area contributed by atoms with E-state index in [2.05, 4.69) is 69.3 Å². The predicted molar refractivity (Wildman–Crippen MR) is 108 cm³/mol. The summed E-state index contributed by atoms with van der Waals surface area (Å²) < 4.78 is 2.20. The standard InChI is InChI=1S/C22H23N3OS/c1-16-5-2-6-17(11-16)12-23-14-20-21(15-23)25(13-18-7-4-10-27-18)22(26)19-8-3-9-24(19)20/h2-11,20-21H,12-15H2,1H3/t20-,21+/m1/s1. The molecule has 27 heavy (non-hydrogen) atoms. The maximum Gasteiger partial charge on any atom is 0.271 e. The molecule has 0 N–H and O–H groups in total. The summed E-state index contributed by atoms with van der Waals surface area (Å²) in [5, 5.41) is 2.09. The van der Waals surface area contributed by atoms with Gasteiger partial charge >= 0.3 is 0 Å². The van der Waals surface area contributed by atoms with Gasteiger partial charge in [0.15, 0.2) is 0 Å². The molecular formula is C22H23N3OS. The molecule has 2 aromatic heterocycles. The van der Waals surface area contributed by atoms with Crippen molar-refractivity contribution in [2.45, 2.75) is 32.1 Å². The number of benzene rings is 1. The van der Waals surface area contributed by atoms with E-state index in [1.807, 2.05) is 12.1 Å². The van der Waals surface area contributed by atoms with E-state index >= 15 is 0 Å². The molecule has 5 heteroatoms. The highest BCUT2D eigenvalue weighted by atomic mass is 32.1. The first-order valence-electron chi connectivity index (χ1n) is 9.47. The fourth-order valence-corrected chi connectivity index (χ4v) is 5.25. The molecule has 2 aliphatic heterocycles. The second-order valence-electron chi connectivity index (χ2n) is 7.63. The van der Waals surface area contributed by atoms with Crippen LogP contribution in [0.5, 0.6) is 0 Å². The third-order valence-corrected chi connectivity index (χ3v) is 6.61. The molecule has 4 heterocycles. The van der Waals surface area contributed by atoms with Gasteiger partial charge in [-0.2, -0.15) is 0 Å². The number of thiophene rings is 1. The number of fused-ring (bicyclic) bond motifs is 3. The van der Waals surface area contributed by atoms with Crippen LogP contribution < -0.4 is 0 Å². The number of nitrogens with zero attached hydrogens (tertiary/aromatic N) is 3. The lowest BCUT2D eigenvalue weighted by Gasteiger charge is -2.38. The van der Waals surface area contributed by atoms with Crippen LogP contribution in [0.15, 0.2) is 60.1 Å². The van der Waals surface area contributed by atoms with E-state index in [4.69, 9.17) is 0 Å². The van der Waals surface area contributed by atoms with Crippen LogP contribution in [-0.4, -0.2) is 39.4 Å². The van der Waals surface area contributed by atoms with E-state index in [-0.39, 0.29) is 11.9 Å². The largest absolute Gasteiger partial charge is 0.337 e. The number of rotatable bonds is 4. The molecular weight excluding hydrogens is 354 g/mol. The van der Waals surface area contributed by atoms with Crippen LogP contribution in [0.3, 0.4) is 0 Å². The molecule has 138 valence electrons. The van der Waals surface area contributed by atoms with Crippen LogP contribution in [0.2, 0.25) is 0 Å². The van der Waals surface area contributed by atoms with Crippen molar-refractivity contribution >= 4 is 17.2 Å². The Morgan fingerprint density at radius 1 is 1.04 bits per heavy atom. The van der Waals surface area contributed by atoms with Crippen molar-refractivity contribution in [2.24, 2.45) is 0 Å². The molecule has 0 aliphatic carbocycles. The average molecular weight is 378 g/mol. The Bertz CT molecular complexity index is 962. The zero-order chi connectivity index (χ0) is 18.4. The molecule has 1 fully saturated rings. The molecule has 0 spiro atoms. The minimum absolute atomic E-state index is 0.159. The highest BCUT2D eigenvalue weighted by molar-refractivity contribution is 7.09. The van der Waals surface area contributed by atoms with Crippen molar-refractivity contribution in [3.63, 3.8) is 0 Å². The first-order chi connectivity index (χ1) is 13.2. The van der Waals surface area contributed by atoms with E-state index in [1.54, 1.807) is 11.3 Å². The van der Waals surface area contributed by atoms with Crippen molar-refractivity contribution in [3.8, 4) is 0 Å². The maximum atomic E-state index is 13.1. The molecule has 2 atom stereocenters. The molecule has 4 nitrogen and oxygen atoms in total. The van der Waals surface area contributed by atoms with Crippen LogP contribution >= 0.6 is 11.3 Å². The smallest absolute Gasteiger partial charge is 0.271 e. The van der Waals surface area contributed by atoms with Gasteiger partial charge in [-0.3, -0.25) is 9.69 Å². The van der Waals surface area contributed by atoms with Crippen molar-refractivity contribution in [3.05, 3.63) is 81.8 Å². The summed E-state index contributed by atoms with van der Waals surface area (Å²) >= 11 is 1.73. The van der Waals surface area contributed by atoms with Gasteiger partial charge in [-0.1, -0.05) is 35.9 Å². The zero-order valence-corrected chi connectivity index (χ0v) is 16.2.